The predicted octanol–water partition coefficient (Wildman–Crippen LogP) is 2.28. The van der Waals surface area contributed by atoms with Crippen LogP contribution < -0.4 is 0 Å². The maximum absolute atomic E-state index is 13.1. The van der Waals surface area contributed by atoms with Crippen LogP contribution in [0.5, 0.6) is 0 Å². The molecule has 1 aromatic rings. The van der Waals surface area contributed by atoms with Gasteiger partial charge in [-0.05, 0) is 41.1 Å². The molecular weight excluding hydrogens is 296 g/mol. The summed E-state index contributed by atoms with van der Waals surface area (Å²) in [6, 6.07) is 4.62. The van der Waals surface area contributed by atoms with Crippen LogP contribution in [0.15, 0.2) is 18.2 Å². The summed E-state index contributed by atoms with van der Waals surface area (Å²) in [5.41, 5.74) is 0.477. The Morgan fingerprint density at radius 2 is 2.14 bits per heavy atom. The lowest BCUT2D eigenvalue weighted by molar-refractivity contribution is 0.0650. The topological polar surface area (TPSA) is 20.3 Å². The average Bonchev–Trinajstić information content (AvgIpc) is 2.06. The van der Waals surface area contributed by atoms with Gasteiger partial charge in [0.2, 0.25) is 0 Å². The van der Waals surface area contributed by atoms with Gasteiger partial charge < -0.3 is 4.90 Å². The van der Waals surface area contributed by atoms with Gasteiger partial charge in [0.1, 0.15) is 5.82 Å². The second-order valence-electron chi connectivity index (χ2n) is 3.25. The molecule has 0 unspecified atom stereocenters. The normalized spacial score (nSPS) is 15.1. The number of amides is 1. The Kier molecular flexibility index (Phi) is 2.71. The van der Waals surface area contributed by atoms with Gasteiger partial charge in [-0.15, -0.1) is 0 Å². The first-order valence-electron chi connectivity index (χ1n) is 4.43. The predicted molar refractivity (Wildman–Crippen MR) is 59.6 cm³/mol. The number of carbonyl (C=O) groups excluding carboxylic acids is 1. The molecule has 1 saturated heterocycles. The van der Waals surface area contributed by atoms with Crippen molar-refractivity contribution in [3.63, 3.8) is 0 Å². The number of likely N-dealkylation sites (tertiary alicyclic amines) is 1. The largest absolute Gasteiger partial charge is 0.338 e. The molecule has 4 heteroatoms. The molecule has 0 aliphatic carbocycles. The molecule has 1 fully saturated rings. The van der Waals surface area contributed by atoms with Gasteiger partial charge in [-0.1, -0.05) is 6.07 Å². The molecule has 0 spiro atoms. The SMILES string of the molecule is O=C(c1cccc(F)c1I)N1CCC1. The third-order valence-electron chi connectivity index (χ3n) is 2.33. The number of carbonyl (C=O) groups is 1. The fourth-order valence-electron chi connectivity index (χ4n) is 1.36. The van der Waals surface area contributed by atoms with E-state index in [1.165, 1.54) is 6.07 Å². The van der Waals surface area contributed by atoms with E-state index in [9.17, 15) is 9.18 Å². The summed E-state index contributed by atoms with van der Waals surface area (Å²) in [4.78, 5) is 13.5. The maximum atomic E-state index is 13.1. The minimum Gasteiger partial charge on any atom is -0.338 e. The van der Waals surface area contributed by atoms with Crippen molar-refractivity contribution in [3.8, 4) is 0 Å². The molecule has 0 atom stereocenters. The van der Waals surface area contributed by atoms with Crippen molar-refractivity contribution < 1.29 is 9.18 Å². The van der Waals surface area contributed by atoms with Crippen LogP contribution in [-0.2, 0) is 0 Å². The molecule has 1 aliphatic heterocycles. The molecule has 0 saturated carbocycles. The van der Waals surface area contributed by atoms with Crippen LogP contribution in [0.25, 0.3) is 0 Å². The molecule has 0 radical (unpaired) electrons. The number of hydrogen-bond donors (Lipinski definition) is 0. The van der Waals surface area contributed by atoms with Gasteiger partial charge in [-0.2, -0.15) is 0 Å². The summed E-state index contributed by atoms with van der Waals surface area (Å²) < 4.78 is 13.6. The van der Waals surface area contributed by atoms with E-state index in [0.717, 1.165) is 19.5 Å². The van der Waals surface area contributed by atoms with Crippen molar-refractivity contribution in [2.45, 2.75) is 6.42 Å². The van der Waals surface area contributed by atoms with Crippen LogP contribution in [-0.4, -0.2) is 23.9 Å². The Morgan fingerprint density at radius 3 is 2.71 bits per heavy atom. The van der Waals surface area contributed by atoms with Gasteiger partial charge in [0, 0.05) is 13.1 Å². The van der Waals surface area contributed by atoms with Crippen molar-refractivity contribution in [2.75, 3.05) is 13.1 Å². The molecule has 1 aromatic carbocycles. The monoisotopic (exact) mass is 305 g/mol. The Labute approximate surface area is 95.2 Å². The highest BCUT2D eigenvalue weighted by Crippen LogP contribution is 2.20. The quantitative estimate of drug-likeness (QED) is 0.729. The summed E-state index contributed by atoms with van der Waals surface area (Å²) in [5.74, 6) is -0.378. The molecule has 0 bridgehead atoms. The zero-order valence-corrected chi connectivity index (χ0v) is 9.62. The Morgan fingerprint density at radius 1 is 1.43 bits per heavy atom. The highest BCUT2D eigenvalue weighted by Gasteiger charge is 2.23. The van der Waals surface area contributed by atoms with Gasteiger partial charge in [0.05, 0.1) is 9.13 Å². The Hall–Kier alpha value is -0.650. The van der Waals surface area contributed by atoms with Gasteiger partial charge in [-0.3, -0.25) is 4.79 Å². The number of nitrogens with zero attached hydrogens (tertiary/aromatic N) is 1. The van der Waals surface area contributed by atoms with Gasteiger partial charge >= 0.3 is 0 Å². The fraction of sp³-hybridized carbons (Fsp3) is 0.300. The molecular formula is C10H9FINO. The van der Waals surface area contributed by atoms with Gasteiger partial charge in [-0.25, -0.2) is 4.39 Å². The summed E-state index contributed by atoms with van der Waals surface area (Å²) in [7, 11) is 0. The highest BCUT2D eigenvalue weighted by atomic mass is 127. The summed E-state index contributed by atoms with van der Waals surface area (Å²) in [6.07, 6.45) is 1.05. The molecule has 14 heavy (non-hydrogen) atoms. The summed E-state index contributed by atoms with van der Waals surface area (Å²) >= 11 is 1.87. The van der Waals surface area contributed by atoms with Crippen LogP contribution in [0.2, 0.25) is 0 Å². The first kappa shape index (κ1) is 9.89. The third-order valence-corrected chi connectivity index (χ3v) is 3.42. The lowest BCUT2D eigenvalue weighted by Crippen LogP contribution is -2.42. The van der Waals surface area contributed by atoms with E-state index in [4.69, 9.17) is 0 Å². The second kappa shape index (κ2) is 3.84. The van der Waals surface area contributed by atoms with Crippen LogP contribution in [0.4, 0.5) is 4.39 Å². The zero-order valence-electron chi connectivity index (χ0n) is 7.46. The maximum Gasteiger partial charge on any atom is 0.255 e. The standard InChI is InChI=1S/C10H9FINO/c11-8-4-1-3-7(9(8)12)10(14)13-5-2-6-13/h1,3-4H,2,5-6H2. The smallest absolute Gasteiger partial charge is 0.255 e. The van der Waals surface area contributed by atoms with E-state index < -0.39 is 0 Å². The fourth-order valence-corrected chi connectivity index (χ4v) is 1.95. The van der Waals surface area contributed by atoms with Crippen LogP contribution >= 0.6 is 22.6 Å². The van der Waals surface area contributed by atoms with Crippen molar-refractivity contribution in [1.29, 1.82) is 0 Å². The van der Waals surface area contributed by atoms with Crippen molar-refractivity contribution in [3.05, 3.63) is 33.1 Å². The third kappa shape index (κ3) is 1.63. The molecule has 1 heterocycles. The van der Waals surface area contributed by atoms with E-state index in [-0.39, 0.29) is 11.7 Å². The Bertz CT molecular complexity index is 376. The first-order chi connectivity index (χ1) is 6.70. The van der Waals surface area contributed by atoms with E-state index >= 15 is 0 Å². The minimum atomic E-state index is -0.322. The number of halogens is 2. The zero-order chi connectivity index (χ0) is 10.1. The summed E-state index contributed by atoms with van der Waals surface area (Å²) in [6.45, 7) is 1.59. The molecule has 0 N–H and O–H groups in total. The molecule has 74 valence electrons. The molecule has 1 aliphatic rings. The lowest BCUT2D eigenvalue weighted by atomic mass is 10.1. The van der Waals surface area contributed by atoms with E-state index in [1.54, 1.807) is 17.0 Å². The Balaban J connectivity index is 2.31. The first-order valence-corrected chi connectivity index (χ1v) is 5.51. The van der Waals surface area contributed by atoms with Crippen molar-refractivity contribution in [1.82, 2.24) is 4.90 Å². The molecule has 1 amide bonds. The second-order valence-corrected chi connectivity index (χ2v) is 4.33. The average molecular weight is 305 g/mol. The van der Waals surface area contributed by atoms with Gasteiger partial charge in [0.25, 0.3) is 5.91 Å². The van der Waals surface area contributed by atoms with Crippen molar-refractivity contribution >= 4 is 28.5 Å². The van der Waals surface area contributed by atoms with Crippen LogP contribution in [0.3, 0.4) is 0 Å². The summed E-state index contributed by atoms with van der Waals surface area (Å²) in [5, 5.41) is 0. The lowest BCUT2D eigenvalue weighted by Gasteiger charge is -2.31. The van der Waals surface area contributed by atoms with Gasteiger partial charge in [0.15, 0.2) is 0 Å². The number of benzene rings is 1. The van der Waals surface area contributed by atoms with Crippen LogP contribution in [0, 0.1) is 9.39 Å². The highest BCUT2D eigenvalue weighted by molar-refractivity contribution is 14.1. The molecule has 2 nitrogen and oxygen atoms in total. The van der Waals surface area contributed by atoms with E-state index in [1.807, 2.05) is 22.6 Å². The number of hydrogen-bond acceptors (Lipinski definition) is 1. The minimum absolute atomic E-state index is 0.0554. The molecule has 0 aromatic heterocycles. The van der Waals surface area contributed by atoms with Crippen molar-refractivity contribution in [2.24, 2.45) is 0 Å². The van der Waals surface area contributed by atoms with E-state index in [2.05, 4.69) is 0 Å². The van der Waals surface area contributed by atoms with Crippen LogP contribution in [0.1, 0.15) is 16.8 Å². The number of rotatable bonds is 1. The van der Waals surface area contributed by atoms with E-state index in [0.29, 0.717) is 9.13 Å². The molecule has 2 rings (SSSR count).